The van der Waals surface area contributed by atoms with Gasteiger partial charge in [-0.05, 0) is 25.3 Å². The Morgan fingerprint density at radius 3 is 2.05 bits per heavy atom. The van der Waals surface area contributed by atoms with E-state index in [1.807, 2.05) is 0 Å². The third kappa shape index (κ3) is 11.3. The van der Waals surface area contributed by atoms with Gasteiger partial charge in [0.2, 0.25) is 0 Å². The lowest BCUT2D eigenvalue weighted by atomic mass is 10.0. The summed E-state index contributed by atoms with van der Waals surface area (Å²) in [5, 5.41) is 3.34. The summed E-state index contributed by atoms with van der Waals surface area (Å²) in [7, 11) is 1.47. The van der Waals surface area contributed by atoms with Crippen molar-refractivity contribution in [3.05, 3.63) is 0 Å². The van der Waals surface area contributed by atoms with Gasteiger partial charge in [0, 0.05) is 0 Å². The Morgan fingerprint density at radius 1 is 1.00 bits per heavy atom. The Kier molecular flexibility index (Phi) is 13.0. The fourth-order valence-corrected chi connectivity index (χ4v) is 2.41. The highest BCUT2D eigenvalue weighted by Crippen LogP contribution is 2.09. The van der Waals surface area contributed by atoms with Crippen LogP contribution in [0.15, 0.2) is 0 Å². The summed E-state index contributed by atoms with van der Waals surface area (Å²) in [6.45, 7) is 7.43. The van der Waals surface area contributed by atoms with Gasteiger partial charge in [-0.25, -0.2) is 0 Å². The molecule has 0 amide bonds. The van der Waals surface area contributed by atoms with E-state index in [0.29, 0.717) is 5.92 Å². The molecule has 0 rings (SSSR count). The Labute approximate surface area is 125 Å². The van der Waals surface area contributed by atoms with Crippen molar-refractivity contribution < 1.29 is 9.53 Å². The number of esters is 1. The number of unbranched alkanes of at least 4 members (excludes halogenated alkanes) is 7. The predicted octanol–water partition coefficient (Wildman–Crippen LogP) is 4.30. The van der Waals surface area contributed by atoms with Gasteiger partial charge in [-0.15, -0.1) is 0 Å². The van der Waals surface area contributed by atoms with Gasteiger partial charge in [0.05, 0.1) is 7.11 Å². The molecule has 0 aromatic heterocycles. The molecule has 0 radical (unpaired) electrons. The molecular weight excluding hydrogens is 250 g/mol. The van der Waals surface area contributed by atoms with Crippen LogP contribution < -0.4 is 5.32 Å². The second-order valence-corrected chi connectivity index (χ2v) is 6.13. The minimum absolute atomic E-state index is 0.127. The molecule has 0 aliphatic heterocycles. The van der Waals surface area contributed by atoms with E-state index in [4.69, 9.17) is 4.74 Å². The predicted molar refractivity (Wildman–Crippen MR) is 85.9 cm³/mol. The molecule has 0 saturated carbocycles. The second-order valence-electron chi connectivity index (χ2n) is 6.13. The van der Waals surface area contributed by atoms with Gasteiger partial charge in [-0.1, -0.05) is 65.7 Å². The monoisotopic (exact) mass is 285 g/mol. The first kappa shape index (κ1) is 19.4. The summed E-state index contributed by atoms with van der Waals surface area (Å²) in [6, 6.07) is -0.135. The van der Waals surface area contributed by atoms with Crippen LogP contribution in [0.25, 0.3) is 0 Å². The molecule has 0 aromatic rings. The number of carbonyl (C=O) groups excluding carboxylic acids is 1. The first-order chi connectivity index (χ1) is 9.61. The number of methoxy groups -OCH3 is 1. The molecule has 0 bridgehead atoms. The van der Waals surface area contributed by atoms with Crippen LogP contribution in [-0.4, -0.2) is 25.7 Å². The summed E-state index contributed by atoms with van der Waals surface area (Å²) in [6.07, 6.45) is 11.4. The van der Waals surface area contributed by atoms with Crippen molar-refractivity contribution in [2.45, 2.75) is 84.6 Å². The molecule has 0 aromatic carbocycles. The van der Waals surface area contributed by atoms with Crippen molar-refractivity contribution >= 4 is 5.97 Å². The minimum Gasteiger partial charge on any atom is -0.468 e. The van der Waals surface area contributed by atoms with E-state index in [9.17, 15) is 4.79 Å². The van der Waals surface area contributed by atoms with Crippen LogP contribution in [-0.2, 0) is 9.53 Å². The van der Waals surface area contributed by atoms with E-state index < -0.39 is 0 Å². The van der Waals surface area contributed by atoms with Crippen LogP contribution >= 0.6 is 0 Å². The third-order valence-corrected chi connectivity index (χ3v) is 3.61. The number of nitrogens with one attached hydrogen (secondary N) is 1. The van der Waals surface area contributed by atoms with Crippen LogP contribution in [0.3, 0.4) is 0 Å². The SMILES string of the molecule is CCCCCCCCCCNC(CC(C)C)C(=O)OC. The summed E-state index contributed by atoms with van der Waals surface area (Å²) < 4.78 is 4.84. The molecule has 0 spiro atoms. The molecule has 0 saturated heterocycles. The maximum absolute atomic E-state index is 11.6. The quantitative estimate of drug-likeness (QED) is 0.405. The maximum atomic E-state index is 11.6. The Morgan fingerprint density at radius 2 is 1.55 bits per heavy atom. The van der Waals surface area contributed by atoms with Crippen molar-refractivity contribution in [2.24, 2.45) is 5.92 Å². The van der Waals surface area contributed by atoms with Gasteiger partial charge in [-0.3, -0.25) is 4.79 Å². The smallest absolute Gasteiger partial charge is 0.322 e. The number of hydrogen-bond donors (Lipinski definition) is 1. The highest BCUT2D eigenvalue weighted by molar-refractivity contribution is 5.75. The maximum Gasteiger partial charge on any atom is 0.322 e. The highest BCUT2D eigenvalue weighted by atomic mass is 16.5. The lowest BCUT2D eigenvalue weighted by molar-refractivity contribution is -0.143. The standard InChI is InChI=1S/C17H35NO2/c1-5-6-7-8-9-10-11-12-13-18-16(14-15(2)3)17(19)20-4/h15-16,18H,5-14H2,1-4H3. The second kappa shape index (κ2) is 13.4. The topological polar surface area (TPSA) is 38.3 Å². The lowest BCUT2D eigenvalue weighted by Crippen LogP contribution is -2.39. The number of ether oxygens (including phenoxy) is 1. The third-order valence-electron chi connectivity index (χ3n) is 3.61. The van der Waals surface area contributed by atoms with E-state index in [1.165, 1.54) is 52.1 Å². The highest BCUT2D eigenvalue weighted by Gasteiger charge is 2.19. The van der Waals surface area contributed by atoms with Gasteiger partial charge in [0.1, 0.15) is 6.04 Å². The van der Waals surface area contributed by atoms with Crippen molar-refractivity contribution in [1.29, 1.82) is 0 Å². The van der Waals surface area contributed by atoms with E-state index >= 15 is 0 Å². The molecule has 0 aliphatic carbocycles. The normalized spacial score (nSPS) is 12.7. The summed E-state index contributed by atoms with van der Waals surface area (Å²) in [5.41, 5.74) is 0. The largest absolute Gasteiger partial charge is 0.468 e. The zero-order valence-electron chi connectivity index (χ0n) is 14.0. The van der Waals surface area contributed by atoms with Gasteiger partial charge in [0.25, 0.3) is 0 Å². The molecule has 0 fully saturated rings. The van der Waals surface area contributed by atoms with Crippen LogP contribution in [0.4, 0.5) is 0 Å². The molecule has 0 aliphatic rings. The molecule has 120 valence electrons. The molecule has 1 unspecified atom stereocenters. The molecule has 20 heavy (non-hydrogen) atoms. The van der Waals surface area contributed by atoms with E-state index in [0.717, 1.165) is 19.4 Å². The average Bonchev–Trinajstić information content (AvgIpc) is 2.43. The Hall–Kier alpha value is -0.570. The van der Waals surface area contributed by atoms with E-state index in [2.05, 4.69) is 26.1 Å². The summed E-state index contributed by atoms with van der Waals surface area (Å²) in [5.74, 6) is 0.378. The zero-order chi connectivity index (χ0) is 15.2. The van der Waals surface area contributed by atoms with Crippen LogP contribution in [0, 0.1) is 5.92 Å². The van der Waals surface area contributed by atoms with Crippen molar-refractivity contribution in [3.63, 3.8) is 0 Å². The van der Waals surface area contributed by atoms with E-state index in [1.54, 1.807) is 0 Å². The molecular formula is C17H35NO2. The van der Waals surface area contributed by atoms with Gasteiger partial charge in [0.15, 0.2) is 0 Å². The van der Waals surface area contributed by atoms with Crippen LogP contribution in [0.1, 0.15) is 78.6 Å². The fourth-order valence-electron chi connectivity index (χ4n) is 2.41. The molecule has 3 nitrogen and oxygen atoms in total. The molecule has 1 atom stereocenters. The number of rotatable bonds is 13. The number of hydrogen-bond acceptors (Lipinski definition) is 3. The van der Waals surface area contributed by atoms with E-state index in [-0.39, 0.29) is 12.0 Å². The van der Waals surface area contributed by atoms with Gasteiger partial charge >= 0.3 is 5.97 Å². The average molecular weight is 285 g/mol. The Bertz CT molecular complexity index is 229. The van der Waals surface area contributed by atoms with Gasteiger partial charge in [-0.2, -0.15) is 0 Å². The van der Waals surface area contributed by atoms with Crippen molar-refractivity contribution in [2.75, 3.05) is 13.7 Å². The molecule has 1 N–H and O–H groups in total. The van der Waals surface area contributed by atoms with Crippen molar-refractivity contribution in [3.8, 4) is 0 Å². The fraction of sp³-hybridized carbons (Fsp3) is 0.941. The first-order valence-corrected chi connectivity index (χ1v) is 8.43. The first-order valence-electron chi connectivity index (χ1n) is 8.43. The number of carbonyl (C=O) groups is 1. The summed E-state index contributed by atoms with van der Waals surface area (Å²) >= 11 is 0. The van der Waals surface area contributed by atoms with Crippen molar-refractivity contribution in [1.82, 2.24) is 5.32 Å². The van der Waals surface area contributed by atoms with Crippen LogP contribution in [0.5, 0.6) is 0 Å². The minimum atomic E-state index is -0.135. The molecule has 0 heterocycles. The zero-order valence-corrected chi connectivity index (χ0v) is 14.0. The lowest BCUT2D eigenvalue weighted by Gasteiger charge is -2.18. The Balaban J connectivity index is 3.56. The summed E-state index contributed by atoms with van der Waals surface area (Å²) in [4.78, 5) is 11.6. The molecule has 3 heteroatoms. The van der Waals surface area contributed by atoms with Gasteiger partial charge < -0.3 is 10.1 Å². The van der Waals surface area contributed by atoms with Crippen LogP contribution in [0.2, 0.25) is 0 Å².